The number of carboxylic acid groups (broad SMARTS) is 1. The number of aromatic carboxylic acids is 1. The Balaban J connectivity index is 2.71. The monoisotopic (exact) mass is 281 g/mol. The van der Waals surface area contributed by atoms with Crippen LogP contribution in [0.1, 0.15) is 53.7 Å². The van der Waals surface area contributed by atoms with Crippen LogP contribution in [-0.2, 0) is 0 Å². The van der Waals surface area contributed by atoms with Crippen LogP contribution in [0.15, 0.2) is 9.21 Å². The molecule has 0 saturated carbocycles. The van der Waals surface area contributed by atoms with Crippen molar-refractivity contribution >= 4 is 27.5 Å². The molecule has 0 fully saturated rings. The number of carboxylic acids is 1. The molecule has 0 atom stereocenters. The maximum atomic E-state index is 12.0. The molecule has 0 aliphatic rings. The van der Waals surface area contributed by atoms with Gasteiger partial charge < -0.3 is 9.52 Å². The first-order valence-corrected chi connectivity index (χ1v) is 6.98. The molecule has 6 heteroatoms. The summed E-state index contributed by atoms with van der Waals surface area (Å²) in [6.45, 7) is 5.61. The van der Waals surface area contributed by atoms with E-state index >= 15 is 0 Å². The van der Waals surface area contributed by atoms with Gasteiger partial charge in [-0.15, -0.1) is 11.3 Å². The van der Waals surface area contributed by atoms with Gasteiger partial charge in [0.1, 0.15) is 15.1 Å². The summed E-state index contributed by atoms with van der Waals surface area (Å²) in [5.74, 6) is -0.544. The van der Waals surface area contributed by atoms with E-state index in [0.29, 0.717) is 16.3 Å². The van der Waals surface area contributed by atoms with Crippen molar-refractivity contribution in [2.45, 2.75) is 39.5 Å². The molecule has 5 nitrogen and oxygen atoms in total. The van der Waals surface area contributed by atoms with E-state index in [4.69, 9.17) is 9.52 Å². The molecule has 0 unspecified atom stereocenters. The number of aryl methyl sites for hydroxylation is 1. The van der Waals surface area contributed by atoms with Crippen LogP contribution in [0.25, 0.3) is 10.2 Å². The first kappa shape index (κ1) is 13.7. The summed E-state index contributed by atoms with van der Waals surface area (Å²) in [5.41, 5.74) is -0.0574. The zero-order valence-electron chi connectivity index (χ0n) is 11.0. The molecule has 102 valence electrons. The molecule has 0 spiro atoms. The van der Waals surface area contributed by atoms with Crippen LogP contribution in [0.4, 0.5) is 0 Å². The van der Waals surface area contributed by atoms with E-state index < -0.39 is 11.6 Å². The minimum absolute atomic E-state index is 0.0905. The molecular formula is C13H15NO4S. The number of carbonyl (C=O) groups is 1. The zero-order valence-corrected chi connectivity index (χ0v) is 11.8. The molecular weight excluding hydrogens is 266 g/mol. The standard InChI is InChI=1S/C13H15NO4S/c1-4-7(5-2)10-14-11-8(13(17)18-10)6(3)9(19-11)12(15)16/h7H,4-5H2,1-3H3,(H,15,16). The molecule has 0 aliphatic carbocycles. The van der Waals surface area contributed by atoms with Crippen molar-refractivity contribution in [3.05, 3.63) is 26.8 Å². The summed E-state index contributed by atoms with van der Waals surface area (Å²) in [4.78, 5) is 28.0. The van der Waals surface area contributed by atoms with Gasteiger partial charge in [-0.25, -0.2) is 14.6 Å². The van der Waals surface area contributed by atoms with E-state index in [0.717, 1.165) is 24.2 Å². The lowest BCUT2D eigenvalue weighted by atomic mass is 10.0. The van der Waals surface area contributed by atoms with E-state index in [1.807, 2.05) is 13.8 Å². The van der Waals surface area contributed by atoms with E-state index in [1.165, 1.54) is 0 Å². The number of hydrogen-bond acceptors (Lipinski definition) is 5. The first-order chi connectivity index (χ1) is 8.99. The molecule has 2 aromatic heterocycles. The van der Waals surface area contributed by atoms with Crippen molar-refractivity contribution in [3.8, 4) is 0 Å². The molecule has 0 saturated heterocycles. The fourth-order valence-electron chi connectivity index (χ4n) is 2.10. The van der Waals surface area contributed by atoms with Crippen molar-refractivity contribution in [3.63, 3.8) is 0 Å². The minimum Gasteiger partial charge on any atom is -0.477 e. The molecule has 1 N–H and O–H groups in total. The number of rotatable bonds is 4. The van der Waals surface area contributed by atoms with Crippen LogP contribution in [-0.4, -0.2) is 16.1 Å². The molecule has 2 rings (SSSR count). The Hall–Kier alpha value is -1.69. The zero-order chi connectivity index (χ0) is 14.2. The van der Waals surface area contributed by atoms with Crippen molar-refractivity contribution in [1.29, 1.82) is 0 Å². The summed E-state index contributed by atoms with van der Waals surface area (Å²) in [6.07, 6.45) is 1.65. The molecule has 0 aliphatic heterocycles. The van der Waals surface area contributed by atoms with Gasteiger partial charge in [-0.1, -0.05) is 13.8 Å². The van der Waals surface area contributed by atoms with Gasteiger partial charge >= 0.3 is 11.6 Å². The lowest BCUT2D eigenvalue weighted by molar-refractivity contribution is 0.0701. The van der Waals surface area contributed by atoms with E-state index in [1.54, 1.807) is 6.92 Å². The second kappa shape index (κ2) is 5.13. The highest BCUT2D eigenvalue weighted by Crippen LogP contribution is 2.29. The van der Waals surface area contributed by atoms with Gasteiger partial charge in [0.15, 0.2) is 0 Å². The Bertz CT molecular complexity index is 682. The van der Waals surface area contributed by atoms with Gasteiger partial charge in [0.05, 0.1) is 0 Å². The average Bonchev–Trinajstić information content (AvgIpc) is 2.69. The maximum absolute atomic E-state index is 12.0. The fourth-order valence-corrected chi connectivity index (χ4v) is 3.11. The highest BCUT2D eigenvalue weighted by molar-refractivity contribution is 7.20. The lowest BCUT2D eigenvalue weighted by Crippen LogP contribution is -2.08. The minimum atomic E-state index is -1.04. The van der Waals surface area contributed by atoms with Crippen LogP contribution >= 0.6 is 11.3 Å². The first-order valence-electron chi connectivity index (χ1n) is 6.16. The average molecular weight is 281 g/mol. The predicted molar refractivity (Wildman–Crippen MR) is 73.2 cm³/mol. The van der Waals surface area contributed by atoms with Crippen LogP contribution in [0.2, 0.25) is 0 Å². The SMILES string of the molecule is CCC(CC)c1nc2sc(C(=O)O)c(C)c2c(=O)o1. The predicted octanol–water partition coefficient (Wildman–Crippen LogP) is 3.16. The highest BCUT2D eigenvalue weighted by Gasteiger charge is 2.21. The maximum Gasteiger partial charge on any atom is 0.348 e. The van der Waals surface area contributed by atoms with E-state index in [2.05, 4.69) is 4.98 Å². The Kier molecular flexibility index (Phi) is 3.71. The normalized spacial score (nSPS) is 11.4. The second-order valence-corrected chi connectivity index (χ2v) is 5.39. The highest BCUT2D eigenvalue weighted by atomic mass is 32.1. The topological polar surface area (TPSA) is 80.4 Å². The molecule has 19 heavy (non-hydrogen) atoms. The third-order valence-electron chi connectivity index (χ3n) is 3.27. The summed E-state index contributed by atoms with van der Waals surface area (Å²) in [6, 6.07) is 0. The van der Waals surface area contributed by atoms with Gasteiger partial charge in [-0.3, -0.25) is 0 Å². The second-order valence-electron chi connectivity index (χ2n) is 4.39. The Morgan fingerprint density at radius 1 is 1.42 bits per heavy atom. The van der Waals surface area contributed by atoms with Gasteiger partial charge in [-0.2, -0.15) is 0 Å². The van der Waals surface area contributed by atoms with Crippen molar-refractivity contribution < 1.29 is 14.3 Å². The largest absolute Gasteiger partial charge is 0.477 e. The van der Waals surface area contributed by atoms with Crippen LogP contribution < -0.4 is 5.63 Å². The van der Waals surface area contributed by atoms with Gasteiger partial charge in [0, 0.05) is 5.92 Å². The smallest absolute Gasteiger partial charge is 0.348 e. The Morgan fingerprint density at radius 2 is 2.05 bits per heavy atom. The summed E-state index contributed by atoms with van der Waals surface area (Å²) in [7, 11) is 0. The van der Waals surface area contributed by atoms with Crippen LogP contribution in [0.5, 0.6) is 0 Å². The molecule has 0 aromatic carbocycles. The molecule has 0 bridgehead atoms. The summed E-state index contributed by atoms with van der Waals surface area (Å²) in [5, 5.41) is 9.37. The van der Waals surface area contributed by atoms with Crippen molar-refractivity contribution in [1.82, 2.24) is 4.98 Å². The molecule has 0 amide bonds. The van der Waals surface area contributed by atoms with Crippen molar-refractivity contribution in [2.24, 2.45) is 0 Å². The summed E-state index contributed by atoms with van der Waals surface area (Å²) >= 11 is 1.03. The molecule has 2 aromatic rings. The number of aromatic nitrogens is 1. The quantitative estimate of drug-likeness (QED) is 0.931. The Labute approximate surface area is 113 Å². The van der Waals surface area contributed by atoms with Crippen molar-refractivity contribution in [2.75, 3.05) is 0 Å². The van der Waals surface area contributed by atoms with Crippen LogP contribution in [0, 0.1) is 6.92 Å². The number of fused-ring (bicyclic) bond motifs is 1. The van der Waals surface area contributed by atoms with E-state index in [9.17, 15) is 9.59 Å². The number of nitrogens with zero attached hydrogens (tertiary/aromatic N) is 1. The number of hydrogen-bond donors (Lipinski definition) is 1. The Morgan fingerprint density at radius 3 is 2.58 bits per heavy atom. The van der Waals surface area contributed by atoms with Gasteiger partial charge in [-0.05, 0) is 25.3 Å². The number of thiophene rings is 1. The lowest BCUT2D eigenvalue weighted by Gasteiger charge is -2.08. The van der Waals surface area contributed by atoms with E-state index in [-0.39, 0.29) is 16.2 Å². The van der Waals surface area contributed by atoms with Crippen LogP contribution in [0.3, 0.4) is 0 Å². The fraction of sp³-hybridized carbons (Fsp3) is 0.462. The molecule has 0 radical (unpaired) electrons. The third-order valence-corrected chi connectivity index (χ3v) is 4.44. The molecule has 2 heterocycles. The van der Waals surface area contributed by atoms with Gasteiger partial charge in [0.25, 0.3) is 0 Å². The van der Waals surface area contributed by atoms with Gasteiger partial charge in [0.2, 0.25) is 5.89 Å². The summed E-state index contributed by atoms with van der Waals surface area (Å²) < 4.78 is 5.26. The third kappa shape index (κ3) is 2.28.